The molecule has 2 rings (SSSR count). The first-order valence-electron chi connectivity index (χ1n) is 5.55. The molecule has 0 amide bonds. The van der Waals surface area contributed by atoms with Crippen LogP contribution >= 0.6 is 11.6 Å². The van der Waals surface area contributed by atoms with Crippen LogP contribution < -0.4 is 0 Å². The van der Waals surface area contributed by atoms with E-state index in [9.17, 15) is 14.9 Å². The van der Waals surface area contributed by atoms with E-state index < -0.39 is 16.6 Å². The van der Waals surface area contributed by atoms with Crippen LogP contribution in [0.15, 0.2) is 12.3 Å². The number of pyridine rings is 1. The van der Waals surface area contributed by atoms with E-state index in [0.29, 0.717) is 5.92 Å². The van der Waals surface area contributed by atoms with Gasteiger partial charge in [0.2, 0.25) is 0 Å². The second-order valence-electron chi connectivity index (χ2n) is 4.15. The number of hydrogen-bond donors (Lipinski definition) is 0. The highest BCUT2D eigenvalue weighted by molar-refractivity contribution is 6.29. The van der Waals surface area contributed by atoms with Crippen molar-refractivity contribution in [1.82, 2.24) is 4.98 Å². The Bertz CT molecular complexity index is 488. The van der Waals surface area contributed by atoms with Crippen LogP contribution in [0.1, 0.15) is 29.6 Å². The van der Waals surface area contributed by atoms with Crippen LogP contribution in [0.5, 0.6) is 0 Å². The Balaban J connectivity index is 2.06. The molecular weight excluding hydrogens is 260 g/mol. The van der Waals surface area contributed by atoms with E-state index in [2.05, 4.69) is 4.98 Å². The molecular formula is C11H11ClN2O4. The topological polar surface area (TPSA) is 82.3 Å². The average molecular weight is 271 g/mol. The summed E-state index contributed by atoms with van der Waals surface area (Å²) in [6.45, 7) is 0.278. The van der Waals surface area contributed by atoms with Crippen LogP contribution in [-0.2, 0) is 4.74 Å². The van der Waals surface area contributed by atoms with Crippen molar-refractivity contribution in [1.29, 1.82) is 0 Å². The van der Waals surface area contributed by atoms with E-state index in [-0.39, 0.29) is 17.3 Å². The van der Waals surface area contributed by atoms with Gasteiger partial charge in [0, 0.05) is 0 Å². The van der Waals surface area contributed by atoms with Crippen molar-refractivity contribution >= 4 is 23.3 Å². The van der Waals surface area contributed by atoms with Gasteiger partial charge >= 0.3 is 11.7 Å². The first-order chi connectivity index (χ1) is 8.58. The zero-order valence-electron chi connectivity index (χ0n) is 9.47. The Morgan fingerprint density at radius 1 is 1.61 bits per heavy atom. The summed E-state index contributed by atoms with van der Waals surface area (Å²) in [6.07, 6.45) is 4.09. The van der Waals surface area contributed by atoms with Crippen LogP contribution in [0.3, 0.4) is 0 Å². The van der Waals surface area contributed by atoms with Crippen molar-refractivity contribution in [2.24, 2.45) is 5.92 Å². The largest absolute Gasteiger partial charge is 0.462 e. The first kappa shape index (κ1) is 12.8. The van der Waals surface area contributed by atoms with Gasteiger partial charge in [-0.3, -0.25) is 10.1 Å². The highest BCUT2D eigenvalue weighted by Gasteiger charge is 2.24. The van der Waals surface area contributed by atoms with Gasteiger partial charge in [0.15, 0.2) is 0 Å². The number of carbonyl (C=O) groups is 1. The van der Waals surface area contributed by atoms with Gasteiger partial charge in [-0.2, -0.15) is 0 Å². The fraction of sp³-hybridized carbons (Fsp3) is 0.455. The third-order valence-corrected chi connectivity index (χ3v) is 2.93. The number of aromatic nitrogens is 1. The Labute approximate surface area is 108 Å². The Hall–Kier alpha value is -1.69. The second kappa shape index (κ2) is 5.30. The number of halogens is 1. The number of nitro groups is 1. The van der Waals surface area contributed by atoms with Crippen molar-refractivity contribution in [3.05, 3.63) is 33.1 Å². The fourth-order valence-electron chi connectivity index (χ4n) is 1.53. The minimum absolute atomic E-state index is 0.0229. The fourth-order valence-corrected chi connectivity index (χ4v) is 1.69. The normalized spacial score (nSPS) is 14.3. The van der Waals surface area contributed by atoms with Crippen LogP contribution in [0.2, 0.25) is 5.15 Å². The quantitative estimate of drug-likeness (QED) is 0.355. The lowest BCUT2D eigenvalue weighted by Gasteiger charge is -2.04. The van der Waals surface area contributed by atoms with Gasteiger partial charge in [0.1, 0.15) is 16.9 Å². The zero-order valence-corrected chi connectivity index (χ0v) is 10.2. The number of nitrogens with zero attached hydrogens (tertiary/aromatic N) is 2. The lowest BCUT2D eigenvalue weighted by Crippen LogP contribution is -2.10. The second-order valence-corrected chi connectivity index (χ2v) is 4.54. The van der Waals surface area contributed by atoms with Gasteiger partial charge in [-0.25, -0.2) is 9.78 Å². The molecule has 1 aromatic heterocycles. The van der Waals surface area contributed by atoms with E-state index in [1.807, 2.05) is 0 Å². The molecule has 1 aliphatic rings. The third kappa shape index (κ3) is 3.16. The van der Waals surface area contributed by atoms with Crippen LogP contribution in [-0.4, -0.2) is 22.5 Å². The van der Waals surface area contributed by atoms with Gasteiger partial charge in [-0.15, -0.1) is 0 Å². The first-order valence-corrected chi connectivity index (χ1v) is 5.93. The van der Waals surface area contributed by atoms with Crippen molar-refractivity contribution in [3.8, 4) is 0 Å². The predicted octanol–water partition coefficient (Wildman–Crippen LogP) is 2.60. The monoisotopic (exact) mass is 270 g/mol. The molecule has 0 spiro atoms. The third-order valence-electron chi connectivity index (χ3n) is 2.72. The Morgan fingerprint density at radius 2 is 2.33 bits per heavy atom. The molecule has 0 bridgehead atoms. The number of ether oxygens (including phenoxy) is 1. The summed E-state index contributed by atoms with van der Waals surface area (Å²) >= 11 is 5.62. The van der Waals surface area contributed by atoms with E-state index in [1.165, 1.54) is 12.8 Å². The summed E-state index contributed by atoms with van der Waals surface area (Å²) in [5.74, 6) is -0.0968. The van der Waals surface area contributed by atoms with Crippen molar-refractivity contribution < 1.29 is 14.5 Å². The van der Waals surface area contributed by atoms with Gasteiger partial charge in [0.05, 0.1) is 11.5 Å². The lowest BCUT2D eigenvalue weighted by molar-refractivity contribution is -0.385. The van der Waals surface area contributed by atoms with Gasteiger partial charge in [-0.05, 0) is 18.4 Å². The molecule has 0 atom stereocenters. The molecule has 1 fully saturated rings. The van der Waals surface area contributed by atoms with Gasteiger partial charge < -0.3 is 4.74 Å². The zero-order chi connectivity index (χ0) is 13.1. The van der Waals surface area contributed by atoms with Gasteiger partial charge in [-0.1, -0.05) is 24.4 Å². The highest BCUT2D eigenvalue weighted by Crippen LogP contribution is 2.32. The molecule has 0 aromatic carbocycles. The molecule has 1 heterocycles. The van der Waals surface area contributed by atoms with Crippen molar-refractivity contribution in [2.75, 3.05) is 6.61 Å². The van der Waals surface area contributed by atoms with E-state index in [0.717, 1.165) is 18.7 Å². The maximum Gasteiger partial charge on any atom is 0.345 e. The van der Waals surface area contributed by atoms with Crippen LogP contribution in [0.4, 0.5) is 5.69 Å². The standard InChI is InChI=1S/C11H11ClN2O4/c12-10-5-8(9(6-13-10)14(16)17)11(15)18-4-3-7-1-2-7/h5-7H,1-4H2. The molecule has 18 heavy (non-hydrogen) atoms. The van der Waals surface area contributed by atoms with Crippen molar-refractivity contribution in [2.45, 2.75) is 19.3 Å². The van der Waals surface area contributed by atoms with Crippen LogP contribution in [0.25, 0.3) is 0 Å². The SMILES string of the molecule is O=C(OCCC1CC1)c1cc(Cl)ncc1[N+](=O)[O-]. The summed E-state index contributed by atoms with van der Waals surface area (Å²) in [6, 6.07) is 1.15. The maximum absolute atomic E-state index is 11.7. The summed E-state index contributed by atoms with van der Waals surface area (Å²) < 4.78 is 4.99. The molecule has 0 aliphatic heterocycles. The summed E-state index contributed by atoms with van der Waals surface area (Å²) in [7, 11) is 0. The van der Waals surface area contributed by atoms with Crippen molar-refractivity contribution in [3.63, 3.8) is 0 Å². The molecule has 0 unspecified atom stereocenters. The van der Waals surface area contributed by atoms with Crippen LogP contribution in [0, 0.1) is 16.0 Å². The van der Waals surface area contributed by atoms with E-state index in [4.69, 9.17) is 16.3 Å². The molecule has 7 heteroatoms. The summed E-state index contributed by atoms with van der Waals surface area (Å²) in [4.78, 5) is 25.4. The minimum Gasteiger partial charge on any atom is -0.462 e. The molecule has 0 N–H and O–H groups in total. The smallest absolute Gasteiger partial charge is 0.345 e. The summed E-state index contributed by atoms with van der Waals surface area (Å²) in [5, 5.41) is 10.8. The van der Waals surface area contributed by atoms with E-state index in [1.54, 1.807) is 0 Å². The Kier molecular flexibility index (Phi) is 3.76. The molecule has 1 aliphatic carbocycles. The molecule has 96 valence electrons. The number of hydrogen-bond acceptors (Lipinski definition) is 5. The average Bonchev–Trinajstić information content (AvgIpc) is 3.12. The molecule has 1 aromatic rings. The lowest BCUT2D eigenvalue weighted by atomic mass is 10.2. The predicted molar refractivity (Wildman–Crippen MR) is 63.5 cm³/mol. The maximum atomic E-state index is 11.7. The molecule has 0 radical (unpaired) electrons. The van der Waals surface area contributed by atoms with E-state index >= 15 is 0 Å². The number of carbonyl (C=O) groups excluding carboxylic acids is 1. The number of rotatable bonds is 5. The number of esters is 1. The molecule has 6 nitrogen and oxygen atoms in total. The summed E-state index contributed by atoms with van der Waals surface area (Å²) in [5.41, 5.74) is -0.549. The molecule has 1 saturated carbocycles. The molecule has 0 saturated heterocycles. The Morgan fingerprint density at radius 3 is 2.94 bits per heavy atom. The highest BCUT2D eigenvalue weighted by atomic mass is 35.5. The minimum atomic E-state index is -0.730. The van der Waals surface area contributed by atoms with Gasteiger partial charge in [0.25, 0.3) is 0 Å².